The summed E-state index contributed by atoms with van der Waals surface area (Å²) in [7, 11) is -2.20. The number of nitrogens with one attached hydrogen (secondary N) is 1. The van der Waals surface area contributed by atoms with Crippen LogP contribution in [0.2, 0.25) is 5.02 Å². The zero-order valence-electron chi connectivity index (χ0n) is 12.6. The maximum Gasteiger partial charge on any atom is 0.407 e. The summed E-state index contributed by atoms with van der Waals surface area (Å²) < 4.78 is 37.2. The van der Waals surface area contributed by atoms with Crippen molar-refractivity contribution in [3.63, 3.8) is 0 Å². The van der Waals surface area contributed by atoms with Crippen LogP contribution in [0.3, 0.4) is 0 Å². The highest BCUT2D eigenvalue weighted by Gasteiger charge is 2.18. The molecule has 3 rings (SSSR count). The van der Waals surface area contributed by atoms with Gasteiger partial charge in [0.25, 0.3) is 10.0 Å². The summed E-state index contributed by atoms with van der Waals surface area (Å²) >= 11 is 5.77. The minimum absolute atomic E-state index is 0.137. The summed E-state index contributed by atoms with van der Waals surface area (Å²) in [5, 5.41) is 6.16. The number of nitrogens with zero attached hydrogens (tertiary/aromatic N) is 2. The lowest BCUT2D eigenvalue weighted by Gasteiger charge is -2.12. The third-order valence-corrected chi connectivity index (χ3v) is 4.88. The summed E-state index contributed by atoms with van der Waals surface area (Å²) in [4.78, 5) is 0.137. The number of anilines is 2. The molecule has 0 saturated heterocycles. The average molecular weight is 368 g/mol. The van der Waals surface area contributed by atoms with Crippen LogP contribution >= 0.6 is 11.6 Å². The van der Waals surface area contributed by atoms with E-state index in [-0.39, 0.29) is 17.7 Å². The number of rotatable bonds is 4. The second kappa shape index (κ2) is 6.58. The lowest BCUT2D eigenvalue weighted by atomic mass is 10.3. The molecule has 9 heteroatoms. The van der Waals surface area contributed by atoms with Crippen molar-refractivity contribution < 1.29 is 17.9 Å². The highest BCUT2D eigenvalue weighted by atomic mass is 35.5. The van der Waals surface area contributed by atoms with Gasteiger partial charge < -0.3 is 9.47 Å². The fourth-order valence-corrected chi connectivity index (χ4v) is 3.22. The number of hydrogen-bond acceptors (Lipinski definition) is 6. The topological polar surface area (TPSA) is 80.2 Å². The number of hydrazone groups is 1. The maximum absolute atomic E-state index is 12.3. The Kier molecular flexibility index (Phi) is 4.50. The molecular weight excluding hydrogens is 354 g/mol. The van der Waals surface area contributed by atoms with Gasteiger partial charge in [0.05, 0.1) is 17.7 Å². The zero-order chi connectivity index (χ0) is 17.2. The molecule has 1 N–H and O–H groups in total. The van der Waals surface area contributed by atoms with Gasteiger partial charge in [-0.1, -0.05) is 16.7 Å². The van der Waals surface area contributed by atoms with Gasteiger partial charge in [-0.2, -0.15) is 0 Å². The summed E-state index contributed by atoms with van der Waals surface area (Å²) in [5.41, 5.74) is 1.18. The van der Waals surface area contributed by atoms with Crippen LogP contribution in [0.4, 0.5) is 11.4 Å². The van der Waals surface area contributed by atoms with Crippen LogP contribution in [-0.2, 0) is 19.5 Å². The molecule has 24 heavy (non-hydrogen) atoms. The van der Waals surface area contributed by atoms with Crippen molar-refractivity contribution in [3.05, 3.63) is 53.6 Å². The Hall–Kier alpha value is -2.45. The molecule has 1 aliphatic rings. The van der Waals surface area contributed by atoms with Crippen molar-refractivity contribution in [3.8, 4) is 0 Å². The molecule has 0 amide bonds. The summed E-state index contributed by atoms with van der Waals surface area (Å²) in [6, 6.07) is 12.7. The second-order valence-corrected chi connectivity index (χ2v) is 6.97. The highest BCUT2D eigenvalue weighted by molar-refractivity contribution is 7.92. The van der Waals surface area contributed by atoms with Crippen molar-refractivity contribution in [2.45, 2.75) is 4.90 Å². The Balaban J connectivity index is 1.74. The van der Waals surface area contributed by atoms with Crippen molar-refractivity contribution in [2.24, 2.45) is 5.10 Å². The number of hydrogen-bond donors (Lipinski definition) is 1. The van der Waals surface area contributed by atoms with E-state index in [0.717, 1.165) is 5.69 Å². The molecule has 0 aromatic heterocycles. The molecule has 0 saturated carbocycles. The number of ether oxygens (including phenoxy) is 2. The standard InChI is InChI=1S/C15H14ClN3O4S/c1-22-15-17-19(10-23-15)13-6-4-12(5-7-13)18-24(20,21)14-8-2-11(16)3-9-14/h2-9,18H,10H2,1H3. The smallest absolute Gasteiger partial charge is 0.407 e. The number of methoxy groups -OCH3 is 1. The highest BCUT2D eigenvalue weighted by Crippen LogP contribution is 2.23. The van der Waals surface area contributed by atoms with Gasteiger partial charge in [0, 0.05) is 10.7 Å². The molecule has 1 heterocycles. The molecule has 2 aromatic carbocycles. The van der Waals surface area contributed by atoms with Crippen LogP contribution in [-0.4, -0.2) is 28.3 Å². The molecular formula is C15H14ClN3O4S. The molecule has 0 radical (unpaired) electrons. The maximum atomic E-state index is 12.3. The van der Waals surface area contributed by atoms with Gasteiger partial charge in [-0.3, -0.25) is 4.72 Å². The fraction of sp³-hybridized carbons (Fsp3) is 0.133. The van der Waals surface area contributed by atoms with Gasteiger partial charge in [0.15, 0.2) is 6.73 Å². The first-order valence-corrected chi connectivity index (χ1v) is 8.75. The molecule has 1 aliphatic heterocycles. The normalized spacial score (nSPS) is 14.1. The van der Waals surface area contributed by atoms with Gasteiger partial charge in [-0.25, -0.2) is 13.4 Å². The van der Waals surface area contributed by atoms with Crippen LogP contribution in [0.5, 0.6) is 0 Å². The third-order valence-electron chi connectivity index (χ3n) is 3.23. The predicted octanol–water partition coefficient (Wildman–Crippen LogP) is 2.85. The minimum atomic E-state index is -3.67. The van der Waals surface area contributed by atoms with Crippen LogP contribution < -0.4 is 9.73 Å². The zero-order valence-corrected chi connectivity index (χ0v) is 14.2. The molecule has 0 aliphatic carbocycles. The van der Waals surface area contributed by atoms with Crippen LogP contribution in [0.15, 0.2) is 58.5 Å². The predicted molar refractivity (Wildman–Crippen MR) is 91.6 cm³/mol. The fourth-order valence-electron chi connectivity index (χ4n) is 2.03. The van der Waals surface area contributed by atoms with Gasteiger partial charge in [-0.05, 0) is 48.5 Å². The Morgan fingerprint density at radius 3 is 2.42 bits per heavy atom. The molecule has 0 atom stereocenters. The van der Waals surface area contributed by atoms with Crippen LogP contribution in [0.25, 0.3) is 0 Å². The van der Waals surface area contributed by atoms with E-state index in [1.807, 2.05) is 0 Å². The molecule has 126 valence electrons. The molecule has 0 bridgehead atoms. The minimum Gasteiger partial charge on any atom is -0.453 e. The van der Waals surface area contributed by atoms with E-state index < -0.39 is 10.0 Å². The summed E-state index contributed by atoms with van der Waals surface area (Å²) in [6.07, 6.45) is 0.183. The van der Waals surface area contributed by atoms with Gasteiger partial charge in [0.1, 0.15) is 0 Å². The van der Waals surface area contributed by atoms with Gasteiger partial charge in [0.2, 0.25) is 0 Å². The van der Waals surface area contributed by atoms with E-state index in [4.69, 9.17) is 21.1 Å². The molecule has 0 fully saturated rings. The SMILES string of the molecule is COC1=NN(c2ccc(NS(=O)(=O)c3ccc(Cl)cc3)cc2)CO1. The largest absolute Gasteiger partial charge is 0.453 e. The van der Waals surface area contributed by atoms with Crippen molar-refractivity contribution >= 4 is 39.1 Å². The second-order valence-electron chi connectivity index (χ2n) is 4.85. The number of sulfonamides is 1. The lowest BCUT2D eigenvalue weighted by Crippen LogP contribution is -2.14. The quantitative estimate of drug-likeness (QED) is 0.898. The molecule has 2 aromatic rings. The first-order chi connectivity index (χ1) is 11.5. The Morgan fingerprint density at radius 1 is 1.17 bits per heavy atom. The Morgan fingerprint density at radius 2 is 1.83 bits per heavy atom. The van der Waals surface area contributed by atoms with Crippen LogP contribution in [0, 0.1) is 0 Å². The first kappa shape index (κ1) is 16.4. The number of benzene rings is 2. The van der Waals surface area contributed by atoms with E-state index in [2.05, 4.69) is 9.82 Å². The van der Waals surface area contributed by atoms with Crippen molar-refractivity contribution in [1.29, 1.82) is 0 Å². The molecule has 0 spiro atoms. The van der Waals surface area contributed by atoms with E-state index in [1.54, 1.807) is 29.3 Å². The summed E-state index contributed by atoms with van der Waals surface area (Å²) in [5.74, 6) is 0. The average Bonchev–Trinajstić information content (AvgIpc) is 3.05. The van der Waals surface area contributed by atoms with Crippen LogP contribution in [0.1, 0.15) is 0 Å². The Bertz CT molecular complexity index is 851. The Labute approximate surface area is 144 Å². The van der Waals surface area contributed by atoms with E-state index >= 15 is 0 Å². The number of halogens is 1. The monoisotopic (exact) mass is 367 g/mol. The first-order valence-electron chi connectivity index (χ1n) is 6.89. The van der Waals surface area contributed by atoms with E-state index in [1.165, 1.54) is 31.4 Å². The summed E-state index contributed by atoms with van der Waals surface area (Å²) in [6.45, 7) is 0.235. The van der Waals surface area contributed by atoms with E-state index in [9.17, 15) is 8.42 Å². The molecule has 7 nitrogen and oxygen atoms in total. The lowest BCUT2D eigenvalue weighted by molar-refractivity contribution is 0.225. The van der Waals surface area contributed by atoms with Crippen molar-refractivity contribution in [2.75, 3.05) is 23.6 Å². The van der Waals surface area contributed by atoms with Gasteiger partial charge in [-0.15, -0.1) is 0 Å². The van der Waals surface area contributed by atoms with Gasteiger partial charge >= 0.3 is 6.08 Å². The van der Waals surface area contributed by atoms with E-state index in [0.29, 0.717) is 10.7 Å². The van der Waals surface area contributed by atoms with Crippen molar-refractivity contribution in [1.82, 2.24) is 0 Å². The third kappa shape index (κ3) is 3.55. The molecule has 0 unspecified atom stereocenters.